The van der Waals surface area contributed by atoms with Gasteiger partial charge in [-0.2, -0.15) is 0 Å². The third-order valence-electron chi connectivity index (χ3n) is 4.75. The number of allylic oxidation sites excluding steroid dienone is 4. The fourth-order valence-electron chi connectivity index (χ4n) is 3.24. The first kappa shape index (κ1) is 17.3. The number of anilines is 2. The molecule has 1 aliphatic carbocycles. The fourth-order valence-corrected chi connectivity index (χ4v) is 3.24. The molecule has 0 fully saturated rings. The van der Waals surface area contributed by atoms with Gasteiger partial charge in [0.05, 0.1) is 0 Å². The molecule has 0 aromatic heterocycles. The summed E-state index contributed by atoms with van der Waals surface area (Å²) in [6.45, 7) is 4.35. The second kappa shape index (κ2) is 8.06. The molecule has 0 aliphatic heterocycles. The Morgan fingerprint density at radius 1 is 0.880 bits per heavy atom. The first-order chi connectivity index (χ1) is 12.2. The van der Waals surface area contributed by atoms with Crippen molar-refractivity contribution in [3.05, 3.63) is 77.5 Å². The van der Waals surface area contributed by atoms with Crippen LogP contribution in [0.3, 0.4) is 0 Å². The third kappa shape index (κ3) is 4.33. The molecule has 0 amide bonds. The summed E-state index contributed by atoms with van der Waals surface area (Å²) in [6, 6.07) is 16.1. The summed E-state index contributed by atoms with van der Waals surface area (Å²) in [5.74, 6) is 0.298. The zero-order valence-corrected chi connectivity index (χ0v) is 15.2. The van der Waals surface area contributed by atoms with Crippen molar-refractivity contribution in [3.8, 4) is 5.75 Å². The molecule has 0 bridgehead atoms. The second-order valence-electron chi connectivity index (χ2n) is 6.77. The minimum absolute atomic E-state index is 0.298. The quantitative estimate of drug-likeness (QED) is 0.641. The van der Waals surface area contributed by atoms with Gasteiger partial charge in [-0.25, -0.2) is 0 Å². The maximum Gasteiger partial charge on any atom is 0.115 e. The van der Waals surface area contributed by atoms with Crippen LogP contribution in [0, 0.1) is 6.92 Å². The highest BCUT2D eigenvalue weighted by Crippen LogP contribution is 2.35. The summed E-state index contributed by atoms with van der Waals surface area (Å²) in [7, 11) is 0. The van der Waals surface area contributed by atoms with E-state index in [-0.39, 0.29) is 0 Å². The molecule has 0 saturated carbocycles. The van der Waals surface area contributed by atoms with Crippen LogP contribution in [-0.4, -0.2) is 5.11 Å². The predicted octanol–water partition coefficient (Wildman–Crippen LogP) is 6.63. The number of phenolic OH excluding ortho intramolecular Hbond substituents is 1. The van der Waals surface area contributed by atoms with Gasteiger partial charge in [0.15, 0.2) is 0 Å². The van der Waals surface area contributed by atoms with E-state index in [1.807, 2.05) is 12.1 Å². The van der Waals surface area contributed by atoms with Crippen LogP contribution in [0.25, 0.3) is 0 Å². The van der Waals surface area contributed by atoms with Crippen LogP contribution >= 0.6 is 0 Å². The summed E-state index contributed by atoms with van der Waals surface area (Å²) in [5.41, 5.74) is 6.36. The molecular weight excluding hydrogens is 306 g/mol. The smallest absolute Gasteiger partial charge is 0.115 e. The van der Waals surface area contributed by atoms with Gasteiger partial charge in [0.25, 0.3) is 0 Å². The number of rotatable bonds is 6. The molecule has 0 radical (unpaired) electrons. The maximum atomic E-state index is 9.63. The van der Waals surface area contributed by atoms with Crippen LogP contribution in [0.4, 0.5) is 11.4 Å². The van der Waals surface area contributed by atoms with Gasteiger partial charge in [0.1, 0.15) is 5.75 Å². The highest BCUT2D eigenvalue weighted by Gasteiger charge is 2.17. The molecule has 1 N–H and O–H groups in total. The molecule has 2 nitrogen and oxygen atoms in total. The van der Waals surface area contributed by atoms with Crippen molar-refractivity contribution in [2.24, 2.45) is 0 Å². The minimum Gasteiger partial charge on any atom is -0.508 e. The lowest BCUT2D eigenvalue weighted by Gasteiger charge is -2.30. The molecule has 0 atom stereocenters. The van der Waals surface area contributed by atoms with Crippen LogP contribution in [0.2, 0.25) is 0 Å². The number of unbranched alkanes of at least 4 members (excludes halogenated alkanes) is 1. The Morgan fingerprint density at radius 3 is 2.08 bits per heavy atom. The number of hydrogen-bond acceptors (Lipinski definition) is 2. The van der Waals surface area contributed by atoms with E-state index in [1.54, 1.807) is 17.7 Å². The number of aromatic hydroxyl groups is 1. The van der Waals surface area contributed by atoms with Crippen LogP contribution in [0.5, 0.6) is 5.75 Å². The molecule has 0 heterocycles. The van der Waals surface area contributed by atoms with Gasteiger partial charge in [-0.1, -0.05) is 42.7 Å². The van der Waals surface area contributed by atoms with Crippen molar-refractivity contribution < 1.29 is 5.11 Å². The topological polar surface area (TPSA) is 23.5 Å². The van der Waals surface area contributed by atoms with Gasteiger partial charge in [-0.15, -0.1) is 0 Å². The van der Waals surface area contributed by atoms with Gasteiger partial charge in [0, 0.05) is 17.1 Å². The molecule has 1 aliphatic rings. The van der Waals surface area contributed by atoms with Gasteiger partial charge in [-0.3, -0.25) is 0 Å². The van der Waals surface area contributed by atoms with Crippen LogP contribution < -0.4 is 4.90 Å². The molecule has 25 heavy (non-hydrogen) atoms. The molecule has 2 aromatic carbocycles. The first-order valence-electron chi connectivity index (χ1n) is 9.22. The molecular formula is C23H27NO. The first-order valence-corrected chi connectivity index (χ1v) is 9.22. The van der Waals surface area contributed by atoms with Gasteiger partial charge < -0.3 is 10.0 Å². The summed E-state index contributed by atoms with van der Waals surface area (Å²) in [5, 5.41) is 9.63. The SMILES string of the molecule is CCCCC1=CC=C(N(c2ccc(C)cc2)c2ccc(O)cc2)CC1. The lowest BCUT2D eigenvalue weighted by molar-refractivity contribution is 0.475. The number of nitrogens with zero attached hydrogens (tertiary/aromatic N) is 1. The summed E-state index contributed by atoms with van der Waals surface area (Å²) < 4.78 is 0. The van der Waals surface area contributed by atoms with E-state index in [1.165, 1.54) is 30.5 Å². The molecule has 2 heteroatoms. The number of phenols is 1. The van der Waals surface area contributed by atoms with Gasteiger partial charge in [-0.05, 0) is 75.1 Å². The van der Waals surface area contributed by atoms with Crippen molar-refractivity contribution in [1.82, 2.24) is 0 Å². The highest BCUT2D eigenvalue weighted by atomic mass is 16.3. The second-order valence-corrected chi connectivity index (χ2v) is 6.77. The largest absolute Gasteiger partial charge is 0.508 e. The number of benzene rings is 2. The summed E-state index contributed by atoms with van der Waals surface area (Å²) in [4.78, 5) is 2.30. The zero-order valence-electron chi connectivity index (χ0n) is 15.2. The van der Waals surface area contributed by atoms with Crippen molar-refractivity contribution in [1.29, 1.82) is 0 Å². The number of hydrogen-bond donors (Lipinski definition) is 1. The van der Waals surface area contributed by atoms with Gasteiger partial charge >= 0.3 is 0 Å². The van der Waals surface area contributed by atoms with Crippen LogP contribution in [0.15, 0.2) is 72.0 Å². The summed E-state index contributed by atoms with van der Waals surface area (Å²) >= 11 is 0. The van der Waals surface area contributed by atoms with E-state index in [9.17, 15) is 5.11 Å². The molecule has 0 spiro atoms. The zero-order chi connectivity index (χ0) is 17.6. The third-order valence-corrected chi connectivity index (χ3v) is 4.75. The lowest BCUT2D eigenvalue weighted by Crippen LogP contribution is -2.17. The highest BCUT2D eigenvalue weighted by molar-refractivity contribution is 5.69. The van der Waals surface area contributed by atoms with Crippen molar-refractivity contribution in [2.45, 2.75) is 46.0 Å². The van der Waals surface area contributed by atoms with E-state index in [0.29, 0.717) is 5.75 Å². The molecule has 3 rings (SSSR count). The Morgan fingerprint density at radius 2 is 1.52 bits per heavy atom. The average Bonchev–Trinajstić information content (AvgIpc) is 2.64. The maximum absolute atomic E-state index is 9.63. The Labute approximate surface area is 151 Å². The molecule has 0 saturated heterocycles. The molecule has 130 valence electrons. The van der Waals surface area contributed by atoms with Crippen molar-refractivity contribution in [2.75, 3.05) is 4.90 Å². The standard InChI is InChI=1S/C23H27NO/c1-3-4-5-19-8-12-21(13-9-19)24(20-10-6-18(2)7-11-20)22-14-16-23(25)17-15-22/h6-8,10-12,14-17,25H,3-5,9,13H2,1-2H3. The molecule has 0 unspecified atom stereocenters. The lowest BCUT2D eigenvalue weighted by atomic mass is 9.96. The van der Waals surface area contributed by atoms with E-state index in [0.717, 1.165) is 24.2 Å². The van der Waals surface area contributed by atoms with Crippen LogP contribution in [0.1, 0.15) is 44.6 Å². The van der Waals surface area contributed by atoms with Crippen molar-refractivity contribution >= 4 is 11.4 Å². The Hall–Kier alpha value is -2.48. The van der Waals surface area contributed by atoms with E-state index < -0.39 is 0 Å². The number of aryl methyl sites for hydroxylation is 1. The Bertz CT molecular complexity index is 708. The van der Waals surface area contributed by atoms with E-state index >= 15 is 0 Å². The molecule has 2 aromatic rings. The Balaban J connectivity index is 1.94. The predicted molar refractivity (Wildman–Crippen MR) is 106 cm³/mol. The van der Waals surface area contributed by atoms with E-state index in [2.05, 4.69) is 55.2 Å². The monoisotopic (exact) mass is 333 g/mol. The normalized spacial score (nSPS) is 14.0. The van der Waals surface area contributed by atoms with E-state index in [4.69, 9.17) is 0 Å². The van der Waals surface area contributed by atoms with Crippen LogP contribution in [-0.2, 0) is 0 Å². The van der Waals surface area contributed by atoms with Gasteiger partial charge in [0.2, 0.25) is 0 Å². The summed E-state index contributed by atoms with van der Waals surface area (Å²) in [6.07, 6.45) is 10.5. The fraction of sp³-hybridized carbons (Fsp3) is 0.304. The Kier molecular flexibility index (Phi) is 5.60. The minimum atomic E-state index is 0.298. The average molecular weight is 333 g/mol. The van der Waals surface area contributed by atoms with Crippen molar-refractivity contribution in [3.63, 3.8) is 0 Å².